The lowest BCUT2D eigenvalue weighted by Crippen LogP contribution is -2.36. The van der Waals surface area contributed by atoms with E-state index in [-0.39, 0.29) is 12.2 Å². The average Bonchev–Trinajstić information content (AvgIpc) is 2.77. The van der Waals surface area contributed by atoms with Gasteiger partial charge in [-0.05, 0) is 26.0 Å². The minimum Gasteiger partial charge on any atom is -0.438 e. The molecule has 0 bridgehead atoms. The molecule has 96 valence electrons. The molecule has 0 unspecified atom stereocenters. The second-order valence-electron chi connectivity index (χ2n) is 5.30. The number of esters is 1. The summed E-state index contributed by atoms with van der Waals surface area (Å²) in [5.41, 5.74) is 1.75. The molecular formula is C15H19NO2. The number of ether oxygens (including phenoxy) is 1. The van der Waals surface area contributed by atoms with Gasteiger partial charge in [-0.25, -0.2) is 4.79 Å². The molecule has 0 spiro atoms. The van der Waals surface area contributed by atoms with Crippen LogP contribution in [0.1, 0.15) is 54.3 Å². The Hall–Kier alpha value is -1.35. The molecule has 1 atom stereocenters. The molecule has 1 fully saturated rings. The van der Waals surface area contributed by atoms with Crippen molar-refractivity contribution >= 4 is 5.97 Å². The number of carbonyl (C=O) groups excluding carboxylic acids is 1. The quantitative estimate of drug-likeness (QED) is 0.750. The van der Waals surface area contributed by atoms with E-state index in [0.717, 1.165) is 11.1 Å². The number of fused-ring (bicyclic) bond motifs is 1. The van der Waals surface area contributed by atoms with E-state index in [2.05, 4.69) is 11.9 Å². The summed E-state index contributed by atoms with van der Waals surface area (Å²) >= 11 is 0. The maximum absolute atomic E-state index is 11.8. The smallest absolute Gasteiger partial charge is 0.340 e. The van der Waals surface area contributed by atoms with Crippen LogP contribution in [0.2, 0.25) is 0 Å². The molecule has 0 amide bonds. The number of carbonyl (C=O) groups is 1. The molecule has 1 aromatic carbocycles. The lowest BCUT2D eigenvalue weighted by atomic mass is 9.94. The summed E-state index contributed by atoms with van der Waals surface area (Å²) < 4.78 is 5.53. The van der Waals surface area contributed by atoms with Crippen molar-refractivity contribution in [3.05, 3.63) is 35.4 Å². The summed E-state index contributed by atoms with van der Waals surface area (Å²) in [6.45, 7) is 0. The summed E-state index contributed by atoms with van der Waals surface area (Å²) in [7, 11) is 2.08. The van der Waals surface area contributed by atoms with Crippen LogP contribution in [0.25, 0.3) is 0 Å². The Morgan fingerprint density at radius 2 is 1.89 bits per heavy atom. The lowest BCUT2D eigenvalue weighted by Gasteiger charge is -2.34. The van der Waals surface area contributed by atoms with Gasteiger partial charge in [0.15, 0.2) is 6.23 Å². The van der Waals surface area contributed by atoms with Crippen LogP contribution in [-0.4, -0.2) is 24.0 Å². The summed E-state index contributed by atoms with van der Waals surface area (Å²) in [5.74, 6) is -0.182. The van der Waals surface area contributed by atoms with Crippen molar-refractivity contribution in [2.24, 2.45) is 0 Å². The Kier molecular flexibility index (Phi) is 3.08. The van der Waals surface area contributed by atoms with Crippen LogP contribution in [-0.2, 0) is 4.74 Å². The van der Waals surface area contributed by atoms with Gasteiger partial charge in [0.05, 0.1) is 5.56 Å². The molecule has 2 aliphatic rings. The minimum atomic E-state index is -0.184. The van der Waals surface area contributed by atoms with Crippen molar-refractivity contribution in [2.75, 3.05) is 7.05 Å². The molecule has 3 heteroatoms. The van der Waals surface area contributed by atoms with Gasteiger partial charge in [0.2, 0.25) is 0 Å². The maximum Gasteiger partial charge on any atom is 0.340 e. The van der Waals surface area contributed by atoms with Crippen LogP contribution in [0, 0.1) is 0 Å². The summed E-state index contributed by atoms with van der Waals surface area (Å²) in [6, 6.07) is 8.27. The van der Waals surface area contributed by atoms with Gasteiger partial charge in [-0.1, -0.05) is 37.5 Å². The number of hydrogen-bond acceptors (Lipinski definition) is 3. The van der Waals surface area contributed by atoms with E-state index in [1.165, 1.54) is 32.1 Å². The third-order valence-electron chi connectivity index (χ3n) is 4.19. The second kappa shape index (κ2) is 4.73. The van der Waals surface area contributed by atoms with Crippen molar-refractivity contribution in [3.8, 4) is 0 Å². The molecule has 1 heterocycles. The third-order valence-corrected chi connectivity index (χ3v) is 4.19. The first-order chi connectivity index (χ1) is 8.77. The van der Waals surface area contributed by atoms with Gasteiger partial charge in [0, 0.05) is 11.6 Å². The van der Waals surface area contributed by atoms with Crippen molar-refractivity contribution in [2.45, 2.75) is 44.4 Å². The lowest BCUT2D eigenvalue weighted by molar-refractivity contribution is -0.0350. The van der Waals surface area contributed by atoms with E-state index in [9.17, 15) is 4.79 Å². The fourth-order valence-electron chi connectivity index (χ4n) is 3.11. The van der Waals surface area contributed by atoms with Gasteiger partial charge in [-0.3, -0.25) is 4.90 Å². The highest BCUT2D eigenvalue weighted by molar-refractivity contribution is 5.93. The van der Waals surface area contributed by atoms with Gasteiger partial charge in [0.1, 0.15) is 0 Å². The predicted molar refractivity (Wildman–Crippen MR) is 69.2 cm³/mol. The van der Waals surface area contributed by atoms with Gasteiger partial charge >= 0.3 is 5.97 Å². The molecule has 0 aromatic heterocycles. The highest BCUT2D eigenvalue weighted by Gasteiger charge is 2.36. The Balaban J connectivity index is 1.83. The molecule has 3 rings (SSSR count). The zero-order valence-electron chi connectivity index (χ0n) is 10.8. The van der Waals surface area contributed by atoms with Crippen LogP contribution in [0.4, 0.5) is 0 Å². The topological polar surface area (TPSA) is 29.5 Å². The van der Waals surface area contributed by atoms with E-state index in [1.54, 1.807) is 0 Å². The van der Waals surface area contributed by atoms with E-state index in [1.807, 2.05) is 24.3 Å². The second-order valence-corrected chi connectivity index (χ2v) is 5.30. The summed E-state index contributed by atoms with van der Waals surface area (Å²) in [6.07, 6.45) is 6.16. The number of benzene rings is 1. The third kappa shape index (κ3) is 1.93. The molecule has 0 saturated heterocycles. The molecular weight excluding hydrogens is 226 g/mol. The highest BCUT2D eigenvalue weighted by atomic mass is 16.6. The van der Waals surface area contributed by atoms with E-state index >= 15 is 0 Å². The Bertz CT molecular complexity index is 452. The highest BCUT2D eigenvalue weighted by Crippen LogP contribution is 2.36. The first-order valence-corrected chi connectivity index (χ1v) is 6.79. The van der Waals surface area contributed by atoms with Gasteiger partial charge in [0.25, 0.3) is 0 Å². The standard InChI is InChI=1S/C15H19NO2/c1-16(11-7-3-2-4-8-11)14-12-9-5-6-10-13(12)15(17)18-14/h5-6,9-11,14H,2-4,7-8H2,1H3/t14-/m1/s1. The zero-order valence-corrected chi connectivity index (χ0v) is 10.8. The Labute approximate surface area is 108 Å². The van der Waals surface area contributed by atoms with Crippen LogP contribution in [0.15, 0.2) is 24.3 Å². The minimum absolute atomic E-state index is 0.182. The first-order valence-electron chi connectivity index (χ1n) is 6.79. The number of cyclic esters (lactones) is 1. The average molecular weight is 245 g/mol. The molecule has 1 saturated carbocycles. The van der Waals surface area contributed by atoms with Crippen LogP contribution in [0.3, 0.4) is 0 Å². The monoisotopic (exact) mass is 245 g/mol. The normalized spacial score (nSPS) is 24.1. The molecule has 1 aromatic rings. The molecule has 1 aliphatic carbocycles. The summed E-state index contributed by atoms with van der Waals surface area (Å²) in [5, 5.41) is 0. The number of hydrogen-bond donors (Lipinski definition) is 0. The van der Waals surface area contributed by atoms with Gasteiger partial charge < -0.3 is 4.74 Å². The maximum atomic E-state index is 11.8. The zero-order chi connectivity index (χ0) is 12.5. The Morgan fingerprint density at radius 1 is 1.17 bits per heavy atom. The van der Waals surface area contributed by atoms with Gasteiger partial charge in [-0.2, -0.15) is 0 Å². The van der Waals surface area contributed by atoms with E-state index in [0.29, 0.717) is 6.04 Å². The SMILES string of the molecule is CN(C1CCCCC1)[C@@H]1OC(=O)c2ccccc21. The van der Waals surface area contributed by atoms with Crippen LogP contribution < -0.4 is 0 Å². The molecule has 1 aliphatic heterocycles. The fourth-order valence-corrected chi connectivity index (χ4v) is 3.11. The fraction of sp³-hybridized carbons (Fsp3) is 0.533. The molecule has 0 radical (unpaired) electrons. The van der Waals surface area contributed by atoms with E-state index < -0.39 is 0 Å². The number of nitrogens with zero attached hydrogens (tertiary/aromatic N) is 1. The van der Waals surface area contributed by atoms with Crippen molar-refractivity contribution < 1.29 is 9.53 Å². The van der Waals surface area contributed by atoms with Gasteiger partial charge in [-0.15, -0.1) is 0 Å². The first kappa shape index (κ1) is 11.7. The molecule has 18 heavy (non-hydrogen) atoms. The van der Waals surface area contributed by atoms with Crippen molar-refractivity contribution in [1.82, 2.24) is 4.90 Å². The molecule has 0 N–H and O–H groups in total. The number of rotatable bonds is 2. The Morgan fingerprint density at radius 3 is 2.67 bits per heavy atom. The van der Waals surface area contributed by atoms with Crippen molar-refractivity contribution in [3.63, 3.8) is 0 Å². The van der Waals surface area contributed by atoms with Crippen molar-refractivity contribution in [1.29, 1.82) is 0 Å². The summed E-state index contributed by atoms with van der Waals surface area (Å²) in [4.78, 5) is 14.1. The molecule has 3 nitrogen and oxygen atoms in total. The van der Waals surface area contributed by atoms with E-state index in [4.69, 9.17) is 4.74 Å². The predicted octanol–water partition coefficient (Wildman–Crippen LogP) is 3.12. The largest absolute Gasteiger partial charge is 0.438 e. The van der Waals surface area contributed by atoms with Crippen LogP contribution in [0.5, 0.6) is 0 Å². The van der Waals surface area contributed by atoms with Crippen LogP contribution >= 0.6 is 0 Å².